The van der Waals surface area contributed by atoms with Crippen molar-refractivity contribution in [1.29, 1.82) is 0 Å². The first kappa shape index (κ1) is 15.7. The fourth-order valence-electron chi connectivity index (χ4n) is 1.58. The van der Waals surface area contributed by atoms with Gasteiger partial charge >= 0.3 is 0 Å². The second-order valence-corrected chi connectivity index (χ2v) is 6.26. The number of halogens is 1. The number of hydrogen-bond acceptors (Lipinski definition) is 5. The molecule has 6 nitrogen and oxygen atoms in total. The van der Waals surface area contributed by atoms with Gasteiger partial charge in [0, 0.05) is 18.9 Å². The first-order chi connectivity index (χ1) is 10.0. The summed E-state index contributed by atoms with van der Waals surface area (Å²) in [5.74, 6) is 0.0812. The predicted octanol–water partition coefficient (Wildman–Crippen LogP) is 2.04. The average molecular weight is 327 g/mol. The Bertz CT molecular complexity index is 704. The minimum Gasteiger partial charge on any atom is -0.313 e. The van der Waals surface area contributed by atoms with Crippen molar-refractivity contribution < 1.29 is 8.42 Å². The molecule has 0 unspecified atom stereocenters. The normalized spacial score (nSPS) is 11.3. The molecular formula is C13H15ClN4O2S. The van der Waals surface area contributed by atoms with E-state index in [1.54, 1.807) is 18.2 Å². The van der Waals surface area contributed by atoms with E-state index in [1.165, 1.54) is 18.5 Å². The van der Waals surface area contributed by atoms with Gasteiger partial charge in [0.25, 0.3) is 10.0 Å². The van der Waals surface area contributed by atoms with Gasteiger partial charge in [-0.1, -0.05) is 24.6 Å². The average Bonchev–Trinajstić information content (AvgIpc) is 2.48. The highest BCUT2D eigenvalue weighted by atomic mass is 35.5. The third-order valence-corrected chi connectivity index (χ3v) is 4.20. The Morgan fingerprint density at radius 3 is 2.67 bits per heavy atom. The summed E-state index contributed by atoms with van der Waals surface area (Å²) in [6, 6.07) is 6.34. The van der Waals surface area contributed by atoms with Gasteiger partial charge in [0.05, 0.1) is 5.02 Å². The molecule has 0 fully saturated rings. The lowest BCUT2D eigenvalue weighted by Crippen LogP contribution is -2.16. The van der Waals surface area contributed by atoms with Crippen molar-refractivity contribution in [2.45, 2.75) is 18.5 Å². The molecule has 2 N–H and O–H groups in total. The Hall–Kier alpha value is -1.70. The maximum absolute atomic E-state index is 12.2. The van der Waals surface area contributed by atoms with Crippen LogP contribution in [-0.4, -0.2) is 24.9 Å². The number of rotatable bonds is 6. The predicted molar refractivity (Wildman–Crippen MR) is 81.7 cm³/mol. The molecule has 2 rings (SSSR count). The number of pyridine rings is 2. The Kier molecular flexibility index (Phi) is 5.11. The Balaban J connectivity index is 2.18. The molecule has 0 saturated heterocycles. The van der Waals surface area contributed by atoms with E-state index in [2.05, 4.69) is 20.0 Å². The van der Waals surface area contributed by atoms with Crippen LogP contribution in [0.5, 0.6) is 0 Å². The maximum atomic E-state index is 12.2. The van der Waals surface area contributed by atoms with Crippen LogP contribution in [0.15, 0.2) is 41.7 Å². The number of anilines is 1. The first-order valence-electron chi connectivity index (χ1n) is 6.32. The number of sulfonamides is 1. The molecule has 0 radical (unpaired) electrons. The van der Waals surface area contributed by atoms with Crippen molar-refractivity contribution in [2.24, 2.45) is 0 Å². The first-order valence-corrected chi connectivity index (χ1v) is 8.18. The SMILES string of the molecule is CCNCc1ccc(S(=O)(=O)Nc2ncccc2Cl)nc1. The van der Waals surface area contributed by atoms with Crippen LogP contribution in [0.3, 0.4) is 0 Å². The van der Waals surface area contributed by atoms with Crippen LogP contribution in [0, 0.1) is 0 Å². The van der Waals surface area contributed by atoms with Gasteiger partial charge in [-0.25, -0.2) is 9.97 Å². The van der Waals surface area contributed by atoms with E-state index in [-0.39, 0.29) is 15.9 Å². The molecule has 0 aromatic carbocycles. The number of nitrogens with one attached hydrogen (secondary N) is 2. The van der Waals surface area contributed by atoms with Crippen molar-refractivity contribution in [1.82, 2.24) is 15.3 Å². The lowest BCUT2D eigenvalue weighted by Gasteiger charge is -2.08. The third kappa shape index (κ3) is 4.13. The van der Waals surface area contributed by atoms with E-state index in [9.17, 15) is 8.42 Å². The second kappa shape index (κ2) is 6.84. The molecule has 0 spiro atoms. The fourth-order valence-corrected chi connectivity index (χ4v) is 2.77. The van der Waals surface area contributed by atoms with E-state index in [4.69, 9.17) is 11.6 Å². The van der Waals surface area contributed by atoms with Gasteiger partial charge in [-0.2, -0.15) is 8.42 Å². The minimum absolute atomic E-state index is 0.0792. The standard InChI is InChI=1S/C13H15ClN4O2S/c1-2-15-8-10-5-6-12(17-9-10)21(19,20)18-13-11(14)4-3-7-16-13/h3-7,9,15H,2,8H2,1H3,(H,16,18). The molecule has 0 aliphatic heterocycles. The van der Waals surface area contributed by atoms with Gasteiger partial charge < -0.3 is 5.32 Å². The molecule has 0 saturated carbocycles. The summed E-state index contributed by atoms with van der Waals surface area (Å²) >= 11 is 5.88. The number of nitrogens with zero attached hydrogens (tertiary/aromatic N) is 2. The molecule has 0 amide bonds. The van der Waals surface area contributed by atoms with Crippen LogP contribution < -0.4 is 10.0 Å². The highest BCUT2D eigenvalue weighted by molar-refractivity contribution is 7.92. The van der Waals surface area contributed by atoms with Crippen molar-refractivity contribution in [3.05, 3.63) is 47.2 Å². The zero-order valence-corrected chi connectivity index (χ0v) is 12.9. The van der Waals surface area contributed by atoms with Crippen LogP contribution in [0.4, 0.5) is 5.82 Å². The maximum Gasteiger partial charge on any atom is 0.280 e. The summed E-state index contributed by atoms with van der Waals surface area (Å²) in [5.41, 5.74) is 0.909. The summed E-state index contributed by atoms with van der Waals surface area (Å²) in [6.45, 7) is 3.47. The van der Waals surface area contributed by atoms with E-state index in [0.29, 0.717) is 6.54 Å². The van der Waals surface area contributed by atoms with Gasteiger partial charge in [0.2, 0.25) is 0 Å². The molecule has 2 aromatic heterocycles. The molecule has 2 heterocycles. The van der Waals surface area contributed by atoms with E-state index in [1.807, 2.05) is 6.92 Å². The zero-order chi connectivity index (χ0) is 15.3. The largest absolute Gasteiger partial charge is 0.313 e. The van der Waals surface area contributed by atoms with Gasteiger partial charge in [-0.15, -0.1) is 0 Å². The van der Waals surface area contributed by atoms with Crippen LogP contribution in [-0.2, 0) is 16.6 Å². The van der Waals surface area contributed by atoms with Gasteiger partial charge in [-0.3, -0.25) is 4.72 Å². The molecule has 0 aliphatic rings. The van der Waals surface area contributed by atoms with Gasteiger partial charge in [-0.05, 0) is 30.3 Å². The molecule has 0 bridgehead atoms. The third-order valence-electron chi connectivity index (χ3n) is 2.64. The summed E-state index contributed by atoms with van der Waals surface area (Å²) in [7, 11) is -3.80. The van der Waals surface area contributed by atoms with Crippen molar-refractivity contribution in [3.8, 4) is 0 Å². The summed E-state index contributed by atoms with van der Waals surface area (Å²) < 4.78 is 26.7. The quantitative estimate of drug-likeness (QED) is 0.848. The van der Waals surface area contributed by atoms with E-state index < -0.39 is 10.0 Å². The Morgan fingerprint density at radius 1 is 1.24 bits per heavy atom. The summed E-state index contributed by atoms with van der Waals surface area (Å²) in [4.78, 5) is 7.85. The monoisotopic (exact) mass is 326 g/mol. The molecule has 2 aromatic rings. The van der Waals surface area contributed by atoms with Gasteiger partial charge in [0.1, 0.15) is 0 Å². The highest BCUT2D eigenvalue weighted by Gasteiger charge is 2.17. The number of hydrogen-bond donors (Lipinski definition) is 2. The Labute approximate surface area is 128 Å². The lowest BCUT2D eigenvalue weighted by molar-refractivity contribution is 0.597. The van der Waals surface area contributed by atoms with Crippen molar-refractivity contribution in [3.63, 3.8) is 0 Å². The smallest absolute Gasteiger partial charge is 0.280 e. The van der Waals surface area contributed by atoms with Crippen molar-refractivity contribution >= 4 is 27.4 Å². The molecule has 112 valence electrons. The highest BCUT2D eigenvalue weighted by Crippen LogP contribution is 2.20. The topological polar surface area (TPSA) is 84.0 Å². The minimum atomic E-state index is -3.80. The van der Waals surface area contributed by atoms with Crippen LogP contribution in [0.25, 0.3) is 0 Å². The molecular weight excluding hydrogens is 312 g/mol. The Morgan fingerprint density at radius 2 is 2.05 bits per heavy atom. The van der Waals surface area contributed by atoms with E-state index >= 15 is 0 Å². The zero-order valence-electron chi connectivity index (χ0n) is 11.4. The van der Waals surface area contributed by atoms with Gasteiger partial charge in [0.15, 0.2) is 10.8 Å². The van der Waals surface area contributed by atoms with E-state index in [0.717, 1.165) is 12.1 Å². The summed E-state index contributed by atoms with van der Waals surface area (Å²) in [5, 5.41) is 3.29. The second-order valence-electron chi connectivity index (χ2n) is 4.22. The molecule has 0 atom stereocenters. The lowest BCUT2D eigenvalue weighted by atomic mass is 10.3. The molecule has 21 heavy (non-hydrogen) atoms. The van der Waals surface area contributed by atoms with Crippen molar-refractivity contribution in [2.75, 3.05) is 11.3 Å². The molecule has 0 aliphatic carbocycles. The number of aromatic nitrogens is 2. The van der Waals surface area contributed by atoms with Crippen LogP contribution in [0.1, 0.15) is 12.5 Å². The molecule has 8 heteroatoms. The van der Waals surface area contributed by atoms with Crippen LogP contribution in [0.2, 0.25) is 5.02 Å². The summed E-state index contributed by atoms with van der Waals surface area (Å²) in [6.07, 6.45) is 2.98. The fraction of sp³-hybridized carbons (Fsp3) is 0.231. The van der Waals surface area contributed by atoms with Crippen LogP contribution >= 0.6 is 11.6 Å².